The molecule has 5 nitrogen and oxygen atoms in total. The van der Waals surface area contributed by atoms with E-state index in [1.165, 1.54) is 0 Å². The first-order valence-corrected chi connectivity index (χ1v) is 7.07. The van der Waals surface area contributed by atoms with Crippen LogP contribution in [0.1, 0.15) is 11.7 Å². The molecule has 1 N–H and O–H groups in total. The van der Waals surface area contributed by atoms with Gasteiger partial charge in [-0.2, -0.15) is 0 Å². The summed E-state index contributed by atoms with van der Waals surface area (Å²) in [4.78, 5) is 0. The quantitative estimate of drug-likeness (QED) is 0.749. The standard InChI is InChI=1S/C10H14N2O3S/c13-16(14)4-2-12-7-8(5-10(12)16)9-6-11-1-3-15-9/h5,7,9,11H,1-4,6H2. The first-order valence-electron chi connectivity index (χ1n) is 5.42. The highest BCUT2D eigenvalue weighted by atomic mass is 32.2. The molecular weight excluding hydrogens is 228 g/mol. The molecular formula is C10H14N2O3S. The molecule has 2 aliphatic rings. The summed E-state index contributed by atoms with van der Waals surface area (Å²) in [6.45, 7) is 2.86. The van der Waals surface area contributed by atoms with E-state index in [0.29, 0.717) is 18.2 Å². The van der Waals surface area contributed by atoms with E-state index in [2.05, 4.69) is 5.32 Å². The van der Waals surface area contributed by atoms with Gasteiger partial charge in [0.25, 0.3) is 0 Å². The average molecular weight is 242 g/mol. The third-order valence-electron chi connectivity index (χ3n) is 3.10. The predicted molar refractivity (Wildman–Crippen MR) is 58.0 cm³/mol. The van der Waals surface area contributed by atoms with Crippen LogP contribution in [0.2, 0.25) is 0 Å². The lowest BCUT2D eigenvalue weighted by Crippen LogP contribution is -2.33. The smallest absolute Gasteiger partial charge is 0.195 e. The molecule has 0 aromatic carbocycles. The van der Waals surface area contributed by atoms with E-state index in [4.69, 9.17) is 4.74 Å². The van der Waals surface area contributed by atoms with Gasteiger partial charge in [-0.15, -0.1) is 0 Å². The molecule has 0 aliphatic carbocycles. The Morgan fingerprint density at radius 2 is 2.38 bits per heavy atom. The number of aryl methyl sites for hydroxylation is 1. The van der Waals surface area contributed by atoms with Crippen LogP contribution in [-0.2, 0) is 21.1 Å². The Bertz CT molecular complexity index is 500. The minimum Gasteiger partial charge on any atom is -0.371 e. The summed E-state index contributed by atoms with van der Waals surface area (Å²) in [5.74, 6) is 0.229. The van der Waals surface area contributed by atoms with Gasteiger partial charge in [0.2, 0.25) is 0 Å². The number of ether oxygens (including phenoxy) is 1. The Labute approximate surface area is 94.3 Å². The van der Waals surface area contributed by atoms with Gasteiger partial charge in [0.15, 0.2) is 9.84 Å². The third-order valence-corrected chi connectivity index (χ3v) is 4.81. The van der Waals surface area contributed by atoms with Crippen LogP contribution in [0, 0.1) is 0 Å². The second-order valence-corrected chi connectivity index (χ2v) is 6.24. The number of nitrogens with zero attached hydrogens (tertiary/aromatic N) is 1. The number of aromatic nitrogens is 1. The van der Waals surface area contributed by atoms with Gasteiger partial charge in [-0.3, -0.25) is 0 Å². The van der Waals surface area contributed by atoms with Crippen LogP contribution in [0.3, 0.4) is 0 Å². The van der Waals surface area contributed by atoms with Crippen molar-refractivity contribution in [2.24, 2.45) is 0 Å². The van der Waals surface area contributed by atoms with Gasteiger partial charge in [-0.1, -0.05) is 0 Å². The highest BCUT2D eigenvalue weighted by Crippen LogP contribution is 2.27. The van der Waals surface area contributed by atoms with Gasteiger partial charge in [-0.05, 0) is 6.07 Å². The lowest BCUT2D eigenvalue weighted by molar-refractivity contribution is 0.0276. The fourth-order valence-electron chi connectivity index (χ4n) is 2.23. The van der Waals surface area contributed by atoms with Crippen molar-refractivity contribution in [1.82, 2.24) is 9.88 Å². The molecule has 0 amide bonds. The van der Waals surface area contributed by atoms with Gasteiger partial charge < -0.3 is 14.6 Å². The Hall–Kier alpha value is -0.850. The number of hydrogen-bond donors (Lipinski definition) is 1. The first kappa shape index (κ1) is 10.3. The van der Waals surface area contributed by atoms with Crippen molar-refractivity contribution in [2.75, 3.05) is 25.4 Å². The highest BCUT2D eigenvalue weighted by molar-refractivity contribution is 7.91. The zero-order valence-electron chi connectivity index (χ0n) is 8.85. The Morgan fingerprint density at radius 1 is 1.50 bits per heavy atom. The predicted octanol–water partition coefficient (Wildman–Crippen LogP) is -0.0637. The minimum atomic E-state index is -3.04. The Morgan fingerprint density at radius 3 is 3.06 bits per heavy atom. The topological polar surface area (TPSA) is 60.3 Å². The molecule has 6 heteroatoms. The molecule has 1 unspecified atom stereocenters. The molecule has 16 heavy (non-hydrogen) atoms. The molecule has 0 spiro atoms. The fraction of sp³-hybridized carbons (Fsp3) is 0.600. The van der Waals surface area contributed by atoms with Crippen molar-refractivity contribution < 1.29 is 13.2 Å². The molecule has 3 rings (SSSR count). The molecule has 3 heterocycles. The summed E-state index contributed by atoms with van der Waals surface area (Å²) in [5.41, 5.74) is 0.963. The summed E-state index contributed by atoms with van der Waals surface area (Å²) in [7, 11) is -3.04. The molecule has 1 atom stereocenters. The third kappa shape index (κ3) is 1.57. The van der Waals surface area contributed by atoms with Gasteiger partial charge in [0.1, 0.15) is 5.03 Å². The monoisotopic (exact) mass is 242 g/mol. The van der Waals surface area contributed by atoms with Crippen LogP contribution in [0.4, 0.5) is 0 Å². The molecule has 1 aromatic heterocycles. The van der Waals surface area contributed by atoms with Gasteiger partial charge >= 0.3 is 0 Å². The lowest BCUT2D eigenvalue weighted by Gasteiger charge is -2.22. The van der Waals surface area contributed by atoms with E-state index in [1.54, 1.807) is 6.07 Å². The zero-order valence-corrected chi connectivity index (χ0v) is 9.66. The van der Waals surface area contributed by atoms with Crippen LogP contribution in [-0.4, -0.2) is 38.4 Å². The van der Waals surface area contributed by atoms with Crippen LogP contribution in [0.5, 0.6) is 0 Å². The Balaban J connectivity index is 1.94. The second kappa shape index (κ2) is 3.58. The molecule has 1 fully saturated rings. The molecule has 88 valence electrons. The number of rotatable bonds is 1. The van der Waals surface area contributed by atoms with Crippen LogP contribution in [0.25, 0.3) is 0 Å². The Kier molecular flexibility index (Phi) is 2.31. The summed E-state index contributed by atoms with van der Waals surface area (Å²) >= 11 is 0. The number of morpholine rings is 1. The molecule has 0 saturated carbocycles. The fourth-order valence-corrected chi connectivity index (χ4v) is 3.69. The van der Waals surface area contributed by atoms with Gasteiger partial charge in [-0.25, -0.2) is 8.42 Å². The number of fused-ring (bicyclic) bond motifs is 1. The van der Waals surface area contributed by atoms with E-state index in [-0.39, 0.29) is 11.9 Å². The summed E-state index contributed by atoms with van der Waals surface area (Å²) < 4.78 is 30.8. The molecule has 1 aromatic rings. The molecule has 2 aliphatic heterocycles. The van der Waals surface area contributed by atoms with Crippen LogP contribution in [0.15, 0.2) is 17.3 Å². The van der Waals surface area contributed by atoms with Gasteiger partial charge in [0.05, 0.1) is 18.5 Å². The summed E-state index contributed by atoms with van der Waals surface area (Å²) in [6, 6.07) is 1.75. The minimum absolute atomic E-state index is 0.0120. The summed E-state index contributed by atoms with van der Waals surface area (Å²) in [5, 5.41) is 3.68. The average Bonchev–Trinajstić information content (AvgIpc) is 2.82. The highest BCUT2D eigenvalue weighted by Gasteiger charge is 2.29. The van der Waals surface area contributed by atoms with E-state index in [0.717, 1.165) is 18.7 Å². The number of hydrogen-bond acceptors (Lipinski definition) is 4. The van der Waals surface area contributed by atoms with Gasteiger partial charge in [0, 0.05) is 31.4 Å². The maximum atomic E-state index is 11.7. The van der Waals surface area contributed by atoms with E-state index in [1.807, 2.05) is 10.8 Å². The number of nitrogens with one attached hydrogen (secondary N) is 1. The van der Waals surface area contributed by atoms with Crippen molar-refractivity contribution in [3.8, 4) is 0 Å². The second-order valence-electron chi connectivity index (χ2n) is 4.19. The normalized spacial score (nSPS) is 27.9. The van der Waals surface area contributed by atoms with E-state index in [9.17, 15) is 8.42 Å². The zero-order chi connectivity index (χ0) is 11.2. The number of sulfone groups is 1. The van der Waals surface area contributed by atoms with Crippen LogP contribution < -0.4 is 5.32 Å². The summed E-state index contributed by atoms with van der Waals surface area (Å²) in [6.07, 6.45) is 1.89. The van der Waals surface area contributed by atoms with Crippen molar-refractivity contribution in [3.05, 3.63) is 17.8 Å². The first-order chi connectivity index (χ1) is 7.67. The van der Waals surface area contributed by atoms with Crippen molar-refractivity contribution in [3.63, 3.8) is 0 Å². The maximum Gasteiger partial charge on any atom is 0.195 e. The van der Waals surface area contributed by atoms with Crippen molar-refractivity contribution in [2.45, 2.75) is 17.7 Å². The maximum absolute atomic E-state index is 11.7. The SMILES string of the molecule is O=S1(=O)CCn2cc(C3CNCCO3)cc21. The molecule has 1 saturated heterocycles. The lowest BCUT2D eigenvalue weighted by atomic mass is 10.2. The van der Waals surface area contributed by atoms with Crippen molar-refractivity contribution >= 4 is 9.84 Å². The van der Waals surface area contributed by atoms with E-state index >= 15 is 0 Å². The molecule has 0 bridgehead atoms. The van der Waals surface area contributed by atoms with E-state index < -0.39 is 9.84 Å². The van der Waals surface area contributed by atoms with Crippen LogP contribution >= 0.6 is 0 Å². The molecule has 0 radical (unpaired) electrons. The largest absolute Gasteiger partial charge is 0.371 e. The van der Waals surface area contributed by atoms with Crippen molar-refractivity contribution in [1.29, 1.82) is 0 Å².